The number of unbranched alkanes of at least 4 members (excludes halogenated alkanes) is 1. The van der Waals surface area contributed by atoms with Crippen LogP contribution in [0.1, 0.15) is 32.6 Å². The molecule has 0 atom stereocenters. The predicted octanol–water partition coefficient (Wildman–Crippen LogP) is 2.84. The Morgan fingerprint density at radius 2 is 2.38 bits per heavy atom. The zero-order chi connectivity index (χ0) is 18.5. The lowest BCUT2D eigenvalue weighted by Gasteiger charge is -2.21. The Kier molecular flexibility index (Phi) is 6.07. The van der Waals surface area contributed by atoms with Crippen LogP contribution >= 0.6 is 11.8 Å². The summed E-state index contributed by atoms with van der Waals surface area (Å²) in [6.45, 7) is 3.99. The van der Waals surface area contributed by atoms with Crippen molar-refractivity contribution in [2.24, 2.45) is 0 Å². The number of nitrogens with zero attached hydrogens (tertiary/aromatic N) is 1. The van der Waals surface area contributed by atoms with Gasteiger partial charge in [-0.05, 0) is 12.5 Å². The van der Waals surface area contributed by atoms with Crippen molar-refractivity contribution in [3.63, 3.8) is 0 Å². The van der Waals surface area contributed by atoms with Crippen molar-refractivity contribution >= 4 is 17.7 Å². The standard InChI is InChI=1S/C19H23N3O3S/c1-3-4-6-21-18(23)13-8-12(10-20)9-14(17(13)24-2)19-22-15-5-7-25-11-16(15)26-19/h8,22H,3-7,9,11H2,1-2H3,(H,21,23)/b19-14-. The van der Waals surface area contributed by atoms with Gasteiger partial charge in [0.2, 0.25) is 0 Å². The number of hydrogen-bond donors (Lipinski definition) is 2. The van der Waals surface area contributed by atoms with E-state index in [1.54, 1.807) is 24.9 Å². The number of rotatable bonds is 5. The van der Waals surface area contributed by atoms with E-state index in [2.05, 4.69) is 23.6 Å². The molecule has 0 aromatic carbocycles. The van der Waals surface area contributed by atoms with E-state index in [0.717, 1.165) is 34.8 Å². The third-order valence-electron chi connectivity index (χ3n) is 4.44. The maximum Gasteiger partial charge on any atom is 0.255 e. The summed E-state index contributed by atoms with van der Waals surface area (Å²) in [5.74, 6) is 0.332. The minimum Gasteiger partial charge on any atom is -0.496 e. The summed E-state index contributed by atoms with van der Waals surface area (Å²) < 4.78 is 11.1. The highest BCUT2D eigenvalue weighted by Gasteiger charge is 2.31. The summed E-state index contributed by atoms with van der Waals surface area (Å²) >= 11 is 1.61. The first-order valence-corrected chi connectivity index (χ1v) is 9.64. The van der Waals surface area contributed by atoms with Gasteiger partial charge in [-0.1, -0.05) is 25.1 Å². The van der Waals surface area contributed by atoms with Crippen LogP contribution in [0.15, 0.2) is 44.2 Å². The monoisotopic (exact) mass is 373 g/mol. The second-order valence-corrected chi connectivity index (χ2v) is 7.36. The fourth-order valence-corrected chi connectivity index (χ4v) is 4.19. The van der Waals surface area contributed by atoms with Crippen LogP contribution < -0.4 is 10.6 Å². The van der Waals surface area contributed by atoms with Gasteiger partial charge in [0, 0.05) is 41.1 Å². The largest absolute Gasteiger partial charge is 0.496 e. The van der Waals surface area contributed by atoms with Gasteiger partial charge >= 0.3 is 0 Å². The van der Waals surface area contributed by atoms with Crippen molar-refractivity contribution in [1.82, 2.24) is 10.6 Å². The van der Waals surface area contributed by atoms with E-state index in [9.17, 15) is 10.1 Å². The van der Waals surface area contributed by atoms with E-state index in [0.29, 0.717) is 43.1 Å². The smallest absolute Gasteiger partial charge is 0.255 e. The molecule has 0 unspecified atom stereocenters. The van der Waals surface area contributed by atoms with Crippen LogP contribution in [0, 0.1) is 11.3 Å². The van der Waals surface area contributed by atoms with E-state index in [1.807, 2.05) is 0 Å². The fraction of sp³-hybridized carbons (Fsp3) is 0.474. The zero-order valence-corrected chi connectivity index (χ0v) is 15.9. The molecule has 3 rings (SSSR count). The fourth-order valence-electron chi connectivity index (χ4n) is 3.07. The minimum atomic E-state index is -0.204. The van der Waals surface area contributed by atoms with Crippen molar-refractivity contribution in [3.05, 3.63) is 44.2 Å². The van der Waals surface area contributed by atoms with Gasteiger partial charge in [-0.15, -0.1) is 0 Å². The quantitative estimate of drug-likeness (QED) is 0.721. The maximum absolute atomic E-state index is 12.6. The molecule has 2 aliphatic heterocycles. The average molecular weight is 373 g/mol. The SMILES string of the molecule is CCCCNC(=O)C1=C(OC)/C(=C2/NC3=C(COCC3)S2)CC(C#N)=C1. The highest BCUT2D eigenvalue weighted by atomic mass is 32.2. The van der Waals surface area contributed by atoms with E-state index < -0.39 is 0 Å². The third-order valence-corrected chi connectivity index (χ3v) is 5.61. The maximum atomic E-state index is 12.6. The molecule has 26 heavy (non-hydrogen) atoms. The molecule has 2 N–H and O–H groups in total. The number of hydrogen-bond acceptors (Lipinski definition) is 6. The predicted molar refractivity (Wildman–Crippen MR) is 100 cm³/mol. The van der Waals surface area contributed by atoms with Crippen LogP contribution in [0.2, 0.25) is 0 Å². The molecule has 0 radical (unpaired) electrons. The first-order valence-electron chi connectivity index (χ1n) is 8.83. The van der Waals surface area contributed by atoms with E-state index in [-0.39, 0.29) is 5.91 Å². The van der Waals surface area contributed by atoms with Crippen LogP contribution in [-0.2, 0) is 14.3 Å². The van der Waals surface area contributed by atoms with Gasteiger partial charge in [0.25, 0.3) is 5.91 Å². The van der Waals surface area contributed by atoms with Crippen LogP contribution in [0.4, 0.5) is 0 Å². The average Bonchev–Trinajstić information content (AvgIpc) is 3.11. The molecule has 0 saturated heterocycles. The van der Waals surface area contributed by atoms with Crippen molar-refractivity contribution in [3.8, 4) is 6.07 Å². The van der Waals surface area contributed by atoms with Gasteiger partial charge in [0.05, 0.1) is 37.0 Å². The molecular formula is C19H23N3O3S. The van der Waals surface area contributed by atoms with E-state index >= 15 is 0 Å². The van der Waals surface area contributed by atoms with E-state index in [1.165, 1.54) is 5.70 Å². The number of methoxy groups -OCH3 is 1. The first kappa shape index (κ1) is 18.6. The van der Waals surface area contributed by atoms with Crippen molar-refractivity contribution < 1.29 is 14.3 Å². The van der Waals surface area contributed by atoms with Gasteiger partial charge in [-0.25, -0.2) is 0 Å². The molecule has 0 saturated carbocycles. The summed E-state index contributed by atoms with van der Waals surface area (Å²) in [6.07, 6.45) is 4.85. The molecule has 0 aromatic rings. The summed E-state index contributed by atoms with van der Waals surface area (Å²) in [5, 5.41) is 16.7. The van der Waals surface area contributed by atoms with Gasteiger partial charge in [0.1, 0.15) is 5.76 Å². The van der Waals surface area contributed by atoms with Crippen molar-refractivity contribution in [1.29, 1.82) is 5.26 Å². The van der Waals surface area contributed by atoms with Crippen LogP contribution in [0.25, 0.3) is 0 Å². The van der Waals surface area contributed by atoms with Crippen LogP contribution in [0.5, 0.6) is 0 Å². The normalized spacial score (nSPS) is 22.4. The molecule has 3 aliphatic rings. The van der Waals surface area contributed by atoms with Gasteiger partial charge in [0.15, 0.2) is 0 Å². The molecule has 1 amide bonds. The molecule has 0 fully saturated rings. The number of carbonyl (C=O) groups is 1. The third kappa shape index (κ3) is 3.81. The van der Waals surface area contributed by atoms with Gasteiger partial charge < -0.3 is 20.1 Å². The Hall–Kier alpha value is -2.17. The highest BCUT2D eigenvalue weighted by molar-refractivity contribution is 8.07. The lowest BCUT2D eigenvalue weighted by Crippen LogP contribution is -2.28. The van der Waals surface area contributed by atoms with E-state index in [4.69, 9.17) is 9.47 Å². The summed E-state index contributed by atoms with van der Waals surface area (Å²) in [6, 6.07) is 2.20. The number of nitrogens with one attached hydrogen (secondary N) is 2. The zero-order valence-electron chi connectivity index (χ0n) is 15.1. The van der Waals surface area contributed by atoms with Crippen molar-refractivity contribution in [2.45, 2.75) is 32.6 Å². The van der Waals surface area contributed by atoms with Gasteiger partial charge in [-0.3, -0.25) is 4.79 Å². The van der Waals surface area contributed by atoms with Crippen LogP contribution in [0.3, 0.4) is 0 Å². The Morgan fingerprint density at radius 1 is 1.54 bits per heavy atom. The number of nitriles is 1. The lowest BCUT2D eigenvalue weighted by molar-refractivity contribution is -0.117. The van der Waals surface area contributed by atoms with Crippen molar-refractivity contribution in [2.75, 3.05) is 26.9 Å². The second-order valence-electron chi connectivity index (χ2n) is 6.25. The summed E-state index contributed by atoms with van der Waals surface area (Å²) in [7, 11) is 1.57. The summed E-state index contributed by atoms with van der Waals surface area (Å²) in [4.78, 5) is 13.8. The second kappa shape index (κ2) is 8.47. The Labute approximate surface area is 158 Å². The van der Waals surface area contributed by atoms with Crippen LogP contribution in [-0.4, -0.2) is 32.8 Å². The number of thioether (sulfide) groups is 1. The molecule has 6 nitrogen and oxygen atoms in total. The molecule has 1 aliphatic carbocycles. The molecular weight excluding hydrogens is 350 g/mol. The highest BCUT2D eigenvalue weighted by Crippen LogP contribution is 2.43. The summed E-state index contributed by atoms with van der Waals surface area (Å²) in [5.41, 5.74) is 2.99. The minimum absolute atomic E-state index is 0.204. The van der Waals surface area contributed by atoms with Gasteiger partial charge in [-0.2, -0.15) is 5.26 Å². The Bertz CT molecular complexity index is 751. The number of carbonyl (C=O) groups excluding carboxylic acids is 1. The first-order chi connectivity index (χ1) is 12.7. The Balaban J connectivity index is 1.93. The molecule has 7 heteroatoms. The number of ether oxygens (including phenoxy) is 2. The molecule has 0 spiro atoms. The topological polar surface area (TPSA) is 83.4 Å². The molecule has 2 heterocycles. The lowest BCUT2D eigenvalue weighted by atomic mass is 9.93. The molecule has 138 valence electrons. The molecule has 0 aromatic heterocycles. The number of allylic oxidation sites excluding steroid dienone is 2. The Morgan fingerprint density at radius 3 is 3.08 bits per heavy atom. The molecule has 0 bridgehead atoms. The number of amides is 1.